The minimum absolute atomic E-state index is 0.00815. The normalized spacial score (nSPS) is 21.7. The van der Waals surface area contributed by atoms with Gasteiger partial charge in [0.2, 0.25) is 23.6 Å². The molecule has 7 atom stereocenters. The first-order valence-corrected chi connectivity index (χ1v) is 23.8. The summed E-state index contributed by atoms with van der Waals surface area (Å²) >= 11 is 0. The molecule has 1 aliphatic heterocycles. The number of hydrogen-bond acceptors (Lipinski definition) is 6. The van der Waals surface area contributed by atoms with Crippen LogP contribution in [0.5, 0.6) is 0 Å². The van der Waals surface area contributed by atoms with E-state index in [-0.39, 0.29) is 73.0 Å². The molecule has 3 aliphatic rings. The van der Waals surface area contributed by atoms with Gasteiger partial charge in [0.1, 0.15) is 11.7 Å². The first-order valence-electron chi connectivity index (χ1n) is 23.8. The number of amides is 5. The van der Waals surface area contributed by atoms with E-state index in [9.17, 15) is 24.0 Å². The summed E-state index contributed by atoms with van der Waals surface area (Å²) < 4.78 is 1.81. The Labute approximate surface area is 372 Å². The summed E-state index contributed by atoms with van der Waals surface area (Å²) in [6.45, 7) is 5.14. The van der Waals surface area contributed by atoms with Crippen LogP contribution in [0.25, 0.3) is 5.65 Å². The van der Waals surface area contributed by atoms with E-state index in [1.165, 1.54) is 36.8 Å². The van der Waals surface area contributed by atoms with Crippen molar-refractivity contribution in [3.8, 4) is 0 Å². The van der Waals surface area contributed by atoms with Crippen molar-refractivity contribution in [2.24, 2.45) is 11.8 Å². The molecule has 0 unspecified atom stereocenters. The van der Waals surface area contributed by atoms with E-state index in [0.717, 1.165) is 57.8 Å². The standard InChI is InChI=1S/C51H67N7O5/c1-3-5-7-9-10-11-18-24-47(59)54-45(50(62)52-26-19-8-6-4-2)29-38-32-57-27-25-37(28-46(57)53-38)51(63)58-33-41(48(60)55-43-30-39(43)35-20-14-12-15-21-35)42(34-58)49(61)56-44-31-40(44)36-22-16-13-17-23-36/h12-17,20-23,25,27-28,32,39-45H,3-11,18-19,24,26,29-31,33-34H2,1-2H3,(H,52,62)(H,54,59)(H,55,60)(H,56,61)/t39-,40-,41-,42-,43+,44+,45+/m1/s1. The highest BCUT2D eigenvalue weighted by Crippen LogP contribution is 2.42. The lowest BCUT2D eigenvalue weighted by Crippen LogP contribution is -2.48. The molecule has 336 valence electrons. The van der Waals surface area contributed by atoms with Gasteiger partial charge < -0.3 is 30.6 Å². The van der Waals surface area contributed by atoms with Gasteiger partial charge in [-0.1, -0.05) is 132 Å². The molecule has 1 saturated heterocycles. The quantitative estimate of drug-likeness (QED) is 0.0546. The maximum absolute atomic E-state index is 14.2. The van der Waals surface area contributed by atoms with Gasteiger partial charge >= 0.3 is 0 Å². The lowest BCUT2D eigenvalue weighted by atomic mass is 9.94. The Morgan fingerprint density at radius 3 is 1.84 bits per heavy atom. The summed E-state index contributed by atoms with van der Waals surface area (Å²) in [6, 6.07) is 22.9. The van der Waals surface area contributed by atoms with Crippen molar-refractivity contribution in [3.63, 3.8) is 0 Å². The van der Waals surface area contributed by atoms with E-state index < -0.39 is 17.9 Å². The second-order valence-electron chi connectivity index (χ2n) is 18.1. The van der Waals surface area contributed by atoms with E-state index >= 15 is 0 Å². The summed E-state index contributed by atoms with van der Waals surface area (Å²) in [7, 11) is 0. The Morgan fingerprint density at radius 2 is 1.25 bits per heavy atom. The van der Waals surface area contributed by atoms with Crippen LogP contribution in [-0.4, -0.2) is 81.6 Å². The molecule has 5 amide bonds. The van der Waals surface area contributed by atoms with Gasteiger partial charge in [0.15, 0.2) is 0 Å². The fourth-order valence-electron chi connectivity index (χ4n) is 9.19. The predicted molar refractivity (Wildman–Crippen MR) is 245 cm³/mol. The van der Waals surface area contributed by atoms with Crippen LogP contribution in [-0.2, 0) is 25.6 Å². The number of nitrogens with zero attached hydrogens (tertiary/aromatic N) is 3. The van der Waals surface area contributed by atoms with Crippen LogP contribution in [0.3, 0.4) is 0 Å². The Hall–Kier alpha value is -5.52. The summed E-state index contributed by atoms with van der Waals surface area (Å²) in [5.74, 6) is -1.98. The van der Waals surface area contributed by atoms with Crippen LogP contribution in [0, 0.1) is 11.8 Å². The van der Waals surface area contributed by atoms with E-state index in [0.29, 0.717) is 29.9 Å². The number of aromatic nitrogens is 2. The van der Waals surface area contributed by atoms with Crippen molar-refractivity contribution in [2.75, 3.05) is 19.6 Å². The van der Waals surface area contributed by atoms with Gasteiger partial charge in [-0.05, 0) is 48.9 Å². The molecule has 4 aromatic rings. The zero-order valence-electron chi connectivity index (χ0n) is 37.2. The van der Waals surface area contributed by atoms with E-state index in [1.54, 1.807) is 27.6 Å². The third kappa shape index (κ3) is 12.6. The molecule has 63 heavy (non-hydrogen) atoms. The third-order valence-electron chi connectivity index (χ3n) is 13.1. The van der Waals surface area contributed by atoms with Gasteiger partial charge in [0.05, 0.1) is 17.5 Å². The zero-order chi connectivity index (χ0) is 44.1. The number of pyridine rings is 1. The number of hydrogen-bond donors (Lipinski definition) is 4. The summed E-state index contributed by atoms with van der Waals surface area (Å²) in [5, 5.41) is 12.4. The van der Waals surface area contributed by atoms with E-state index in [4.69, 9.17) is 4.98 Å². The topological polar surface area (TPSA) is 154 Å². The molecule has 2 saturated carbocycles. The van der Waals surface area contributed by atoms with Gasteiger partial charge in [-0.3, -0.25) is 24.0 Å². The number of fused-ring (bicyclic) bond motifs is 1. The summed E-state index contributed by atoms with van der Waals surface area (Å²) in [4.78, 5) is 75.2. The Kier molecular flexibility index (Phi) is 16.0. The smallest absolute Gasteiger partial charge is 0.254 e. The molecular weight excluding hydrogens is 791 g/mol. The second-order valence-corrected chi connectivity index (χ2v) is 18.1. The number of unbranched alkanes of at least 4 members (excludes halogenated alkanes) is 9. The molecular formula is C51H67N7O5. The Morgan fingerprint density at radius 1 is 0.698 bits per heavy atom. The maximum Gasteiger partial charge on any atom is 0.254 e. The Bertz CT molecular complexity index is 2080. The molecule has 12 nitrogen and oxygen atoms in total. The molecule has 0 bridgehead atoms. The number of likely N-dealkylation sites (tertiary alicyclic amines) is 1. The minimum Gasteiger partial charge on any atom is -0.354 e. The minimum atomic E-state index is -0.785. The second kappa shape index (κ2) is 22.2. The van der Waals surface area contributed by atoms with Crippen LogP contribution < -0.4 is 21.3 Å². The fourth-order valence-corrected chi connectivity index (χ4v) is 9.19. The van der Waals surface area contributed by atoms with E-state index in [2.05, 4.69) is 59.4 Å². The molecule has 12 heteroatoms. The number of imidazole rings is 1. The van der Waals surface area contributed by atoms with Crippen molar-refractivity contribution in [3.05, 3.63) is 108 Å². The van der Waals surface area contributed by atoms with Crippen molar-refractivity contribution < 1.29 is 24.0 Å². The zero-order valence-corrected chi connectivity index (χ0v) is 37.2. The van der Waals surface area contributed by atoms with Gasteiger partial charge in [-0.15, -0.1) is 0 Å². The van der Waals surface area contributed by atoms with Crippen molar-refractivity contribution in [1.29, 1.82) is 0 Å². The number of carbonyl (C=O) groups excluding carboxylic acids is 5. The molecule has 4 N–H and O–H groups in total. The molecule has 7 rings (SSSR count). The van der Waals surface area contributed by atoms with Gasteiger partial charge in [0, 0.05) is 74.4 Å². The Balaban J connectivity index is 1.00. The molecule has 3 fully saturated rings. The maximum atomic E-state index is 14.2. The third-order valence-corrected chi connectivity index (χ3v) is 13.1. The highest BCUT2D eigenvalue weighted by atomic mass is 16.2. The highest BCUT2D eigenvalue weighted by Gasteiger charge is 2.49. The first kappa shape index (κ1) is 45.5. The van der Waals surface area contributed by atoms with Crippen LogP contribution in [0.2, 0.25) is 0 Å². The highest BCUT2D eigenvalue weighted by molar-refractivity contribution is 5.97. The summed E-state index contributed by atoms with van der Waals surface area (Å²) in [6.07, 6.45) is 17.7. The predicted octanol–water partition coefficient (Wildman–Crippen LogP) is 7.23. The molecule has 0 radical (unpaired) electrons. The van der Waals surface area contributed by atoms with Gasteiger partial charge in [0.25, 0.3) is 5.91 Å². The van der Waals surface area contributed by atoms with Crippen LogP contribution in [0.1, 0.15) is 143 Å². The molecule has 3 heterocycles. The summed E-state index contributed by atoms with van der Waals surface area (Å²) in [5.41, 5.74) is 3.88. The molecule has 2 aromatic carbocycles. The van der Waals surface area contributed by atoms with Crippen molar-refractivity contribution >= 4 is 35.2 Å². The number of benzene rings is 2. The monoisotopic (exact) mass is 858 g/mol. The number of carbonyl (C=O) groups is 5. The SMILES string of the molecule is CCCCCCCCCC(=O)N[C@@H](Cc1cn2ccc(C(=O)N3C[C@@H](C(=O)N[C@H]4C[C@@H]4c4ccccc4)[C@H](C(=O)N[C@H]4C[C@@H]4c4ccccc4)C3)cc2n1)C(=O)NCCCCCC. The average molecular weight is 858 g/mol. The molecule has 0 spiro atoms. The van der Waals surface area contributed by atoms with E-state index in [1.807, 2.05) is 42.6 Å². The van der Waals surface area contributed by atoms with Crippen molar-refractivity contribution in [2.45, 2.75) is 140 Å². The molecule has 2 aromatic heterocycles. The first-order chi connectivity index (χ1) is 30.7. The van der Waals surface area contributed by atoms with Crippen LogP contribution in [0.15, 0.2) is 85.2 Å². The lowest BCUT2D eigenvalue weighted by Gasteiger charge is -2.18. The largest absolute Gasteiger partial charge is 0.354 e. The van der Waals surface area contributed by atoms with Crippen LogP contribution >= 0.6 is 0 Å². The number of rotatable bonds is 24. The van der Waals surface area contributed by atoms with Crippen molar-refractivity contribution in [1.82, 2.24) is 35.6 Å². The number of nitrogens with one attached hydrogen (secondary N) is 4. The average Bonchev–Trinajstić information content (AvgIpc) is 4.15. The molecule has 2 aliphatic carbocycles. The van der Waals surface area contributed by atoms with Gasteiger partial charge in [-0.25, -0.2) is 4.98 Å². The fraction of sp³-hybridized carbons (Fsp3) is 0.529. The lowest BCUT2D eigenvalue weighted by molar-refractivity contribution is -0.133. The van der Waals surface area contributed by atoms with Crippen LogP contribution in [0.4, 0.5) is 0 Å². The van der Waals surface area contributed by atoms with Gasteiger partial charge in [-0.2, -0.15) is 0 Å².